The molecule has 0 saturated heterocycles. The number of imidazole rings is 1. The average molecular weight is 463 g/mol. The van der Waals surface area contributed by atoms with Crippen LogP contribution in [0.25, 0.3) is 16.9 Å². The molecule has 1 N–H and O–H groups in total. The van der Waals surface area contributed by atoms with Crippen LogP contribution < -0.4 is 14.8 Å². The molecule has 0 unspecified atom stereocenters. The number of benzene rings is 2. The maximum absolute atomic E-state index is 13.0. The van der Waals surface area contributed by atoms with Crippen LogP contribution in [0.15, 0.2) is 54.7 Å². The molecular weight excluding hydrogens is 432 g/mol. The van der Waals surface area contributed by atoms with Gasteiger partial charge in [0.05, 0.1) is 25.6 Å². The Morgan fingerprint density at radius 2 is 1.79 bits per heavy atom. The van der Waals surface area contributed by atoms with Crippen LogP contribution in [0.3, 0.4) is 0 Å². The number of hydrogen-bond donors (Lipinski definition) is 1. The number of nitrogens with one attached hydrogen (secondary N) is 1. The van der Waals surface area contributed by atoms with E-state index in [9.17, 15) is 9.59 Å². The molecule has 4 rings (SSSR count). The van der Waals surface area contributed by atoms with E-state index in [1.807, 2.05) is 62.5 Å². The minimum absolute atomic E-state index is 0.00113. The van der Waals surface area contributed by atoms with E-state index in [1.165, 1.54) is 0 Å². The normalized spacial score (nSPS) is 13.0. The Morgan fingerprint density at radius 1 is 1.09 bits per heavy atom. The van der Waals surface area contributed by atoms with Crippen molar-refractivity contribution in [3.63, 3.8) is 0 Å². The largest absolute Gasteiger partial charge is 0.493 e. The van der Waals surface area contributed by atoms with Crippen molar-refractivity contribution in [2.45, 2.75) is 32.7 Å². The third kappa shape index (κ3) is 5.06. The molecule has 8 nitrogen and oxygen atoms in total. The smallest absolute Gasteiger partial charge is 0.246 e. The predicted molar refractivity (Wildman–Crippen MR) is 130 cm³/mol. The first-order valence-corrected chi connectivity index (χ1v) is 11.4. The Hall–Kier alpha value is -3.81. The van der Waals surface area contributed by atoms with Gasteiger partial charge in [-0.1, -0.05) is 44.2 Å². The van der Waals surface area contributed by atoms with Gasteiger partial charge >= 0.3 is 0 Å². The maximum Gasteiger partial charge on any atom is 0.246 e. The van der Waals surface area contributed by atoms with Crippen molar-refractivity contribution in [2.75, 3.05) is 26.1 Å². The quantitative estimate of drug-likeness (QED) is 0.517. The van der Waals surface area contributed by atoms with Gasteiger partial charge in [0.15, 0.2) is 11.5 Å². The first-order chi connectivity index (χ1) is 16.4. The summed E-state index contributed by atoms with van der Waals surface area (Å²) < 4.78 is 12.6. The lowest BCUT2D eigenvalue weighted by molar-refractivity contribution is -0.138. The lowest BCUT2D eigenvalue weighted by atomic mass is 10.2. The highest BCUT2D eigenvalue weighted by Gasteiger charge is 2.35. The zero-order chi connectivity index (χ0) is 24.2. The summed E-state index contributed by atoms with van der Waals surface area (Å²) in [5, 5.41) is 2.92. The minimum Gasteiger partial charge on any atom is -0.493 e. The molecule has 1 aliphatic rings. The van der Waals surface area contributed by atoms with Gasteiger partial charge < -0.3 is 14.4 Å². The number of amides is 2. The number of ether oxygens (including phenoxy) is 2. The summed E-state index contributed by atoms with van der Waals surface area (Å²) in [4.78, 5) is 32.0. The van der Waals surface area contributed by atoms with Crippen molar-refractivity contribution >= 4 is 17.8 Å². The van der Waals surface area contributed by atoms with E-state index < -0.39 is 0 Å². The van der Waals surface area contributed by atoms with Crippen LogP contribution in [0, 0.1) is 5.92 Å². The molecule has 34 heavy (non-hydrogen) atoms. The predicted octanol–water partition coefficient (Wildman–Crippen LogP) is 4.14. The van der Waals surface area contributed by atoms with E-state index in [1.54, 1.807) is 29.8 Å². The molecule has 2 amide bonds. The van der Waals surface area contributed by atoms with Crippen LogP contribution in [-0.2, 0) is 9.59 Å². The molecule has 8 heteroatoms. The van der Waals surface area contributed by atoms with Crippen LogP contribution in [0.4, 0.5) is 5.95 Å². The molecule has 1 heterocycles. The topological polar surface area (TPSA) is 85.7 Å². The molecular formula is C26H30N4O4. The Balaban J connectivity index is 1.66. The van der Waals surface area contributed by atoms with Crippen LogP contribution in [0.2, 0.25) is 0 Å². The van der Waals surface area contributed by atoms with Crippen molar-refractivity contribution in [3.05, 3.63) is 54.7 Å². The second-order valence-corrected chi connectivity index (χ2v) is 8.63. The lowest BCUT2D eigenvalue weighted by Gasteiger charge is -2.23. The molecule has 2 aromatic carbocycles. The number of nitrogens with zero attached hydrogens (tertiary/aromatic N) is 3. The van der Waals surface area contributed by atoms with Crippen molar-refractivity contribution < 1.29 is 19.1 Å². The van der Waals surface area contributed by atoms with Gasteiger partial charge in [-0.05, 0) is 25.0 Å². The molecule has 178 valence electrons. The number of rotatable bonds is 9. The average Bonchev–Trinajstić information content (AvgIpc) is 3.61. The Labute approximate surface area is 199 Å². The summed E-state index contributed by atoms with van der Waals surface area (Å²) in [6, 6.07) is 15.4. The SMILES string of the molecule is COc1ccc(-n2cc(-c3ccccc3)nc2NC(=O)CN(C(=O)C(C)C)C2CC2)cc1OC. The number of aromatic nitrogens is 2. The fourth-order valence-electron chi connectivity index (χ4n) is 3.81. The van der Waals surface area contributed by atoms with Crippen molar-refractivity contribution in [1.29, 1.82) is 0 Å². The first kappa shape index (κ1) is 23.4. The molecule has 0 spiro atoms. The lowest BCUT2D eigenvalue weighted by Crippen LogP contribution is -2.41. The number of carbonyl (C=O) groups is 2. The minimum atomic E-state index is -0.284. The summed E-state index contributed by atoms with van der Waals surface area (Å²) in [5.41, 5.74) is 2.38. The highest BCUT2D eigenvalue weighted by molar-refractivity contribution is 5.94. The van der Waals surface area contributed by atoms with E-state index in [-0.39, 0.29) is 30.3 Å². The van der Waals surface area contributed by atoms with Crippen molar-refractivity contribution in [2.24, 2.45) is 5.92 Å². The highest BCUT2D eigenvalue weighted by atomic mass is 16.5. The molecule has 1 aromatic heterocycles. The van der Waals surface area contributed by atoms with E-state index in [2.05, 4.69) is 5.32 Å². The Bertz CT molecular complexity index is 1170. The van der Waals surface area contributed by atoms with Gasteiger partial charge in [-0.3, -0.25) is 19.5 Å². The van der Waals surface area contributed by atoms with Crippen LogP contribution >= 0.6 is 0 Å². The first-order valence-electron chi connectivity index (χ1n) is 11.4. The monoisotopic (exact) mass is 462 g/mol. The third-order valence-electron chi connectivity index (χ3n) is 5.75. The highest BCUT2D eigenvalue weighted by Crippen LogP contribution is 2.32. The van der Waals surface area contributed by atoms with Gasteiger partial charge in [0, 0.05) is 29.8 Å². The van der Waals surface area contributed by atoms with Crippen LogP contribution in [-0.4, -0.2) is 53.1 Å². The molecule has 1 fully saturated rings. The summed E-state index contributed by atoms with van der Waals surface area (Å²) in [5.74, 6) is 1.08. The molecule has 0 atom stereocenters. The van der Waals surface area contributed by atoms with E-state index in [4.69, 9.17) is 14.5 Å². The van der Waals surface area contributed by atoms with Crippen LogP contribution in [0.5, 0.6) is 11.5 Å². The zero-order valence-electron chi connectivity index (χ0n) is 19.9. The van der Waals surface area contributed by atoms with Gasteiger partial charge in [0.25, 0.3) is 0 Å². The van der Waals surface area contributed by atoms with Gasteiger partial charge in [0.1, 0.15) is 6.54 Å². The van der Waals surface area contributed by atoms with Crippen molar-refractivity contribution in [1.82, 2.24) is 14.5 Å². The van der Waals surface area contributed by atoms with Gasteiger partial charge in [0.2, 0.25) is 17.8 Å². The van der Waals surface area contributed by atoms with Gasteiger partial charge in [-0.15, -0.1) is 0 Å². The standard InChI is InChI=1S/C26H30N4O4/c1-17(2)25(32)29(19-10-11-19)16-24(31)28-26-27-21(18-8-6-5-7-9-18)15-30(26)20-12-13-22(33-3)23(14-20)34-4/h5-9,12-15,17,19H,10-11,16H2,1-4H3,(H,27,28,31). The van der Waals surface area contributed by atoms with Gasteiger partial charge in [-0.25, -0.2) is 4.98 Å². The fourth-order valence-corrected chi connectivity index (χ4v) is 3.81. The van der Waals surface area contributed by atoms with E-state index in [0.717, 1.165) is 24.1 Å². The van der Waals surface area contributed by atoms with E-state index >= 15 is 0 Å². The second-order valence-electron chi connectivity index (χ2n) is 8.63. The number of carbonyl (C=O) groups excluding carboxylic acids is 2. The third-order valence-corrected chi connectivity index (χ3v) is 5.75. The summed E-state index contributed by atoms with van der Waals surface area (Å²) in [7, 11) is 3.16. The van der Waals surface area contributed by atoms with Crippen LogP contribution in [0.1, 0.15) is 26.7 Å². The maximum atomic E-state index is 13.0. The molecule has 0 radical (unpaired) electrons. The van der Waals surface area contributed by atoms with Crippen molar-refractivity contribution in [3.8, 4) is 28.4 Å². The Kier molecular flexibility index (Phi) is 6.86. The number of methoxy groups -OCH3 is 2. The molecule has 1 aliphatic carbocycles. The second kappa shape index (κ2) is 9.99. The number of anilines is 1. The number of hydrogen-bond acceptors (Lipinski definition) is 5. The summed E-state index contributed by atoms with van der Waals surface area (Å²) in [6.45, 7) is 3.71. The molecule has 1 saturated carbocycles. The van der Waals surface area contributed by atoms with Gasteiger partial charge in [-0.2, -0.15) is 0 Å². The molecule has 0 bridgehead atoms. The summed E-state index contributed by atoms with van der Waals surface area (Å²) >= 11 is 0. The fraction of sp³-hybridized carbons (Fsp3) is 0.346. The summed E-state index contributed by atoms with van der Waals surface area (Å²) in [6.07, 6.45) is 3.73. The van der Waals surface area contributed by atoms with E-state index in [0.29, 0.717) is 23.1 Å². The molecule has 3 aromatic rings. The Morgan fingerprint density at radius 3 is 2.41 bits per heavy atom. The zero-order valence-corrected chi connectivity index (χ0v) is 19.9. The molecule has 0 aliphatic heterocycles.